The SMILES string of the molecule is CCNC(=S)NN=Cc1cc(OCC)c(OCc2ccccc2C#N)cc1Br. The van der Waals surface area contributed by atoms with Crippen LogP contribution in [0.3, 0.4) is 0 Å². The summed E-state index contributed by atoms with van der Waals surface area (Å²) in [6, 6.07) is 13.2. The number of benzene rings is 2. The van der Waals surface area contributed by atoms with Crippen LogP contribution < -0.4 is 20.2 Å². The summed E-state index contributed by atoms with van der Waals surface area (Å²) in [4.78, 5) is 0. The van der Waals surface area contributed by atoms with Crippen molar-refractivity contribution in [2.24, 2.45) is 5.10 Å². The monoisotopic (exact) mass is 460 g/mol. The molecule has 0 saturated carbocycles. The number of halogens is 1. The van der Waals surface area contributed by atoms with Crippen LogP contribution in [0.15, 0.2) is 46.0 Å². The number of nitrogens with zero attached hydrogens (tertiary/aromatic N) is 2. The first-order valence-corrected chi connectivity index (χ1v) is 9.93. The van der Waals surface area contributed by atoms with E-state index in [0.717, 1.165) is 22.1 Å². The highest BCUT2D eigenvalue weighted by Gasteiger charge is 2.11. The van der Waals surface area contributed by atoms with Gasteiger partial charge in [0.2, 0.25) is 0 Å². The smallest absolute Gasteiger partial charge is 0.186 e. The van der Waals surface area contributed by atoms with E-state index < -0.39 is 0 Å². The summed E-state index contributed by atoms with van der Waals surface area (Å²) in [6.07, 6.45) is 1.64. The van der Waals surface area contributed by atoms with Crippen LogP contribution in [0.2, 0.25) is 0 Å². The summed E-state index contributed by atoms with van der Waals surface area (Å²) in [7, 11) is 0. The van der Waals surface area contributed by atoms with Gasteiger partial charge in [-0.1, -0.05) is 18.2 Å². The minimum Gasteiger partial charge on any atom is -0.490 e. The Morgan fingerprint density at radius 1 is 1.25 bits per heavy atom. The number of thiocarbonyl (C=S) groups is 1. The summed E-state index contributed by atoms with van der Waals surface area (Å²) in [5.41, 5.74) is 4.96. The Labute approximate surface area is 178 Å². The molecular formula is C20H21BrN4O2S. The van der Waals surface area contributed by atoms with Crippen LogP contribution in [-0.2, 0) is 6.61 Å². The quantitative estimate of drug-likeness (QED) is 0.350. The number of hydrogen-bond donors (Lipinski definition) is 2. The molecular weight excluding hydrogens is 440 g/mol. The molecule has 2 aromatic carbocycles. The van der Waals surface area contributed by atoms with Crippen molar-refractivity contribution >= 4 is 39.5 Å². The molecule has 0 aromatic heterocycles. The average molecular weight is 461 g/mol. The zero-order chi connectivity index (χ0) is 20.4. The molecule has 0 aliphatic rings. The first-order valence-electron chi connectivity index (χ1n) is 8.73. The third-order valence-corrected chi connectivity index (χ3v) is 4.51. The van der Waals surface area contributed by atoms with Crippen molar-refractivity contribution < 1.29 is 9.47 Å². The molecule has 0 aliphatic carbocycles. The van der Waals surface area contributed by atoms with Crippen molar-refractivity contribution in [3.05, 3.63) is 57.6 Å². The molecule has 0 fully saturated rings. The summed E-state index contributed by atoms with van der Waals surface area (Å²) >= 11 is 8.61. The maximum Gasteiger partial charge on any atom is 0.186 e. The topological polar surface area (TPSA) is 78.7 Å². The highest BCUT2D eigenvalue weighted by atomic mass is 79.9. The fourth-order valence-corrected chi connectivity index (χ4v) is 2.92. The Bertz CT molecular complexity index is 896. The van der Waals surface area contributed by atoms with Crippen LogP contribution in [0.1, 0.15) is 30.5 Å². The molecule has 0 spiro atoms. The van der Waals surface area contributed by atoms with Crippen molar-refractivity contribution in [1.82, 2.24) is 10.7 Å². The van der Waals surface area contributed by atoms with Crippen LogP contribution in [0.25, 0.3) is 0 Å². The second-order valence-corrected chi connectivity index (χ2v) is 6.80. The predicted molar refractivity (Wildman–Crippen MR) is 118 cm³/mol. The molecule has 146 valence electrons. The van der Waals surface area contributed by atoms with E-state index in [1.807, 2.05) is 44.2 Å². The van der Waals surface area contributed by atoms with Gasteiger partial charge in [0.05, 0.1) is 24.5 Å². The molecule has 8 heteroatoms. The van der Waals surface area contributed by atoms with Crippen LogP contribution in [0.5, 0.6) is 11.5 Å². The largest absolute Gasteiger partial charge is 0.490 e. The molecule has 0 atom stereocenters. The molecule has 2 N–H and O–H groups in total. The summed E-state index contributed by atoms with van der Waals surface area (Å²) < 4.78 is 12.4. The van der Waals surface area contributed by atoms with E-state index in [9.17, 15) is 5.26 Å². The van der Waals surface area contributed by atoms with Gasteiger partial charge in [-0.2, -0.15) is 10.4 Å². The van der Waals surface area contributed by atoms with Crippen molar-refractivity contribution in [2.75, 3.05) is 13.2 Å². The van der Waals surface area contributed by atoms with E-state index in [4.69, 9.17) is 21.7 Å². The van der Waals surface area contributed by atoms with Gasteiger partial charge in [-0.15, -0.1) is 0 Å². The van der Waals surface area contributed by atoms with Gasteiger partial charge in [0.1, 0.15) is 6.61 Å². The highest BCUT2D eigenvalue weighted by Crippen LogP contribution is 2.34. The van der Waals surface area contributed by atoms with Crippen molar-refractivity contribution in [3.63, 3.8) is 0 Å². The van der Waals surface area contributed by atoms with Gasteiger partial charge in [-0.05, 0) is 60.2 Å². The third kappa shape index (κ3) is 6.22. The summed E-state index contributed by atoms with van der Waals surface area (Å²) in [5, 5.41) is 16.8. The lowest BCUT2D eigenvalue weighted by Crippen LogP contribution is -2.31. The molecule has 0 radical (unpaired) electrons. The fraction of sp³-hybridized carbons (Fsp3) is 0.250. The number of ether oxygens (including phenoxy) is 2. The zero-order valence-corrected chi connectivity index (χ0v) is 18.1. The maximum absolute atomic E-state index is 9.22. The number of rotatable bonds is 8. The van der Waals surface area contributed by atoms with Crippen LogP contribution >= 0.6 is 28.1 Å². The lowest BCUT2D eigenvalue weighted by Gasteiger charge is -2.14. The Morgan fingerprint density at radius 3 is 2.71 bits per heavy atom. The van der Waals surface area contributed by atoms with E-state index in [-0.39, 0.29) is 6.61 Å². The van der Waals surface area contributed by atoms with Gasteiger partial charge < -0.3 is 14.8 Å². The molecule has 2 aromatic rings. The minimum atomic E-state index is 0.266. The van der Waals surface area contributed by atoms with Crippen LogP contribution in [0, 0.1) is 11.3 Å². The average Bonchev–Trinajstić information content (AvgIpc) is 2.69. The Kier molecular flexibility index (Phi) is 8.72. The van der Waals surface area contributed by atoms with Gasteiger partial charge in [0.25, 0.3) is 0 Å². The van der Waals surface area contributed by atoms with Crippen LogP contribution in [0.4, 0.5) is 0 Å². The number of hydrogen-bond acceptors (Lipinski definition) is 5. The first-order chi connectivity index (χ1) is 13.6. The Morgan fingerprint density at radius 2 is 2.00 bits per heavy atom. The molecule has 0 saturated heterocycles. The molecule has 2 rings (SSSR count). The number of hydrazone groups is 1. The summed E-state index contributed by atoms with van der Waals surface area (Å²) in [6.45, 7) is 5.34. The molecule has 0 amide bonds. The van der Waals surface area contributed by atoms with Crippen LogP contribution in [-0.4, -0.2) is 24.5 Å². The normalized spacial score (nSPS) is 10.4. The molecule has 28 heavy (non-hydrogen) atoms. The second kappa shape index (κ2) is 11.3. The number of nitriles is 1. The maximum atomic E-state index is 9.22. The Balaban J connectivity index is 2.18. The van der Waals surface area contributed by atoms with Crippen molar-refractivity contribution in [3.8, 4) is 17.6 Å². The van der Waals surface area contributed by atoms with E-state index >= 15 is 0 Å². The van der Waals surface area contributed by atoms with Crippen molar-refractivity contribution in [1.29, 1.82) is 5.26 Å². The van der Waals surface area contributed by atoms with Gasteiger partial charge in [-0.3, -0.25) is 5.43 Å². The second-order valence-electron chi connectivity index (χ2n) is 5.54. The van der Waals surface area contributed by atoms with E-state index in [1.165, 1.54) is 0 Å². The fourth-order valence-electron chi connectivity index (χ4n) is 2.30. The van der Waals surface area contributed by atoms with Crippen molar-refractivity contribution in [2.45, 2.75) is 20.5 Å². The van der Waals surface area contributed by atoms with E-state index in [1.54, 1.807) is 12.3 Å². The van der Waals surface area contributed by atoms with E-state index in [2.05, 4.69) is 37.8 Å². The number of nitrogens with one attached hydrogen (secondary N) is 2. The predicted octanol–water partition coefficient (Wildman–Crippen LogP) is 4.12. The minimum absolute atomic E-state index is 0.266. The van der Waals surface area contributed by atoms with Gasteiger partial charge in [-0.25, -0.2) is 0 Å². The standard InChI is InChI=1S/C20H21BrN4O2S/c1-3-23-20(28)25-24-12-16-9-18(26-4-2)19(10-17(16)21)27-13-15-8-6-5-7-14(15)11-22/h5-10,12H,3-4,13H2,1-2H3,(H2,23,25,28). The molecule has 0 bridgehead atoms. The van der Waals surface area contributed by atoms with E-state index in [0.29, 0.717) is 28.8 Å². The molecule has 0 unspecified atom stereocenters. The molecule has 0 aliphatic heterocycles. The first kappa shape index (κ1) is 21.7. The zero-order valence-electron chi connectivity index (χ0n) is 15.7. The lowest BCUT2D eigenvalue weighted by atomic mass is 10.1. The van der Waals surface area contributed by atoms with Gasteiger partial charge >= 0.3 is 0 Å². The Hall–Kier alpha value is -2.63. The highest BCUT2D eigenvalue weighted by molar-refractivity contribution is 9.10. The molecule has 0 heterocycles. The van der Waals surface area contributed by atoms with Gasteiger partial charge in [0, 0.05) is 22.1 Å². The molecule has 6 nitrogen and oxygen atoms in total. The van der Waals surface area contributed by atoms with Gasteiger partial charge in [0.15, 0.2) is 16.6 Å². The summed E-state index contributed by atoms with van der Waals surface area (Å²) in [5.74, 6) is 1.17. The lowest BCUT2D eigenvalue weighted by molar-refractivity contribution is 0.269. The third-order valence-electron chi connectivity index (χ3n) is 3.59.